The van der Waals surface area contributed by atoms with Crippen molar-refractivity contribution >= 4 is 0 Å². The minimum Gasteiger partial charge on any atom is -0.374 e. The normalized spacial score (nSPS) is 14.3. The van der Waals surface area contributed by atoms with Gasteiger partial charge < -0.3 is 10.5 Å². The monoisotopic (exact) mass is 139 g/mol. The minimum atomic E-state index is -2.39. The summed E-state index contributed by atoms with van der Waals surface area (Å²) in [6, 6.07) is -0.163. The summed E-state index contributed by atoms with van der Waals surface area (Å²) in [6.45, 7) is 1.39. The van der Waals surface area contributed by atoms with Crippen LogP contribution in [-0.2, 0) is 4.74 Å². The van der Waals surface area contributed by atoms with Gasteiger partial charge >= 0.3 is 0 Å². The van der Waals surface area contributed by atoms with Crippen LogP contribution in [0.5, 0.6) is 0 Å². The number of nitrogens with two attached hydrogens (primary N) is 1. The second-order valence-electron chi connectivity index (χ2n) is 1.91. The minimum absolute atomic E-state index is 0.163. The van der Waals surface area contributed by atoms with E-state index in [1.807, 2.05) is 0 Å². The summed E-state index contributed by atoms with van der Waals surface area (Å²) >= 11 is 0. The molecule has 0 saturated heterocycles. The van der Waals surface area contributed by atoms with Gasteiger partial charge in [-0.15, -0.1) is 0 Å². The van der Waals surface area contributed by atoms with Crippen molar-refractivity contribution in [1.82, 2.24) is 0 Å². The van der Waals surface area contributed by atoms with Crippen LogP contribution >= 0.6 is 0 Å². The lowest BCUT2D eigenvalue weighted by atomic mass is 10.4. The molecule has 0 fully saturated rings. The first-order valence-corrected chi connectivity index (χ1v) is 2.74. The predicted molar refractivity (Wildman–Crippen MR) is 30.5 cm³/mol. The van der Waals surface area contributed by atoms with E-state index in [-0.39, 0.29) is 12.6 Å². The van der Waals surface area contributed by atoms with Crippen molar-refractivity contribution in [3.8, 4) is 0 Å². The van der Waals surface area contributed by atoms with Crippen molar-refractivity contribution in [2.24, 2.45) is 5.73 Å². The van der Waals surface area contributed by atoms with Gasteiger partial charge in [0.25, 0.3) is 6.43 Å². The number of alkyl halides is 2. The third-order valence-corrected chi connectivity index (χ3v) is 0.625. The number of halogens is 2. The van der Waals surface area contributed by atoms with E-state index in [4.69, 9.17) is 5.73 Å². The number of ether oxygens (including phenoxy) is 1. The fourth-order valence-electron chi connectivity index (χ4n) is 0.343. The third-order valence-electron chi connectivity index (χ3n) is 0.625. The summed E-state index contributed by atoms with van der Waals surface area (Å²) in [5, 5.41) is 0. The van der Waals surface area contributed by atoms with Crippen LogP contribution < -0.4 is 5.73 Å². The molecule has 0 radical (unpaired) electrons. The molecule has 0 aromatic rings. The lowest BCUT2D eigenvalue weighted by molar-refractivity contribution is 0.0141. The van der Waals surface area contributed by atoms with Crippen molar-refractivity contribution in [2.75, 3.05) is 13.2 Å². The van der Waals surface area contributed by atoms with Crippen LogP contribution in [0.15, 0.2) is 0 Å². The number of hydrogen-bond acceptors (Lipinski definition) is 2. The number of rotatable bonds is 4. The van der Waals surface area contributed by atoms with E-state index in [1.165, 1.54) is 0 Å². The Kier molecular flexibility index (Phi) is 4.53. The Bertz CT molecular complexity index is 60.0. The van der Waals surface area contributed by atoms with E-state index in [0.717, 1.165) is 0 Å². The van der Waals surface area contributed by atoms with Gasteiger partial charge in [0.15, 0.2) is 0 Å². The van der Waals surface area contributed by atoms with E-state index in [0.29, 0.717) is 0 Å². The van der Waals surface area contributed by atoms with Crippen molar-refractivity contribution in [3.63, 3.8) is 0 Å². The maximum absolute atomic E-state index is 11.3. The molecule has 0 aliphatic carbocycles. The zero-order valence-electron chi connectivity index (χ0n) is 5.31. The standard InChI is InChI=1S/C5H11F2NO/c1-4(8)2-9-3-5(6)7/h4-5H,2-3,8H2,1H3/t4-/m0/s1. The largest absolute Gasteiger partial charge is 0.374 e. The van der Waals surface area contributed by atoms with Crippen molar-refractivity contribution in [2.45, 2.75) is 19.4 Å². The summed E-state index contributed by atoms with van der Waals surface area (Å²) in [5.41, 5.74) is 5.21. The third kappa shape index (κ3) is 7.78. The number of hydrogen-bond donors (Lipinski definition) is 1. The smallest absolute Gasteiger partial charge is 0.261 e. The highest BCUT2D eigenvalue weighted by atomic mass is 19.3. The quantitative estimate of drug-likeness (QED) is 0.619. The highest BCUT2D eigenvalue weighted by molar-refractivity contribution is 4.48. The first-order valence-electron chi connectivity index (χ1n) is 2.74. The highest BCUT2D eigenvalue weighted by Crippen LogP contribution is 1.92. The Balaban J connectivity index is 2.91. The lowest BCUT2D eigenvalue weighted by Gasteiger charge is -2.04. The van der Waals surface area contributed by atoms with Gasteiger partial charge in [0.1, 0.15) is 6.61 Å². The molecule has 0 unspecified atom stereocenters. The first-order chi connectivity index (χ1) is 4.13. The van der Waals surface area contributed by atoms with Crippen molar-refractivity contribution in [3.05, 3.63) is 0 Å². The average Bonchev–Trinajstić information content (AvgIpc) is 1.63. The predicted octanol–water partition coefficient (Wildman–Crippen LogP) is 0.615. The summed E-state index contributed by atoms with van der Waals surface area (Å²) in [4.78, 5) is 0. The molecule has 0 heterocycles. The molecular formula is C5H11F2NO. The van der Waals surface area contributed by atoms with E-state index in [2.05, 4.69) is 4.74 Å². The van der Waals surface area contributed by atoms with Crippen LogP contribution in [0.25, 0.3) is 0 Å². The topological polar surface area (TPSA) is 35.2 Å². The molecule has 0 rings (SSSR count). The molecule has 9 heavy (non-hydrogen) atoms. The summed E-state index contributed by atoms with van der Waals surface area (Å²) in [7, 11) is 0. The highest BCUT2D eigenvalue weighted by Gasteiger charge is 2.01. The zero-order valence-corrected chi connectivity index (χ0v) is 5.31. The Morgan fingerprint density at radius 2 is 2.00 bits per heavy atom. The fraction of sp³-hybridized carbons (Fsp3) is 1.00. The maximum Gasteiger partial charge on any atom is 0.261 e. The summed E-state index contributed by atoms with van der Waals surface area (Å²) < 4.78 is 27.1. The molecule has 0 aromatic carbocycles. The molecule has 0 spiro atoms. The van der Waals surface area contributed by atoms with Gasteiger partial charge in [0.2, 0.25) is 0 Å². The Hall–Kier alpha value is -0.220. The van der Waals surface area contributed by atoms with E-state index < -0.39 is 13.0 Å². The SMILES string of the molecule is C[C@H](N)COCC(F)F. The van der Waals surface area contributed by atoms with Gasteiger partial charge in [0.05, 0.1) is 6.61 Å². The molecule has 0 aromatic heterocycles. The van der Waals surface area contributed by atoms with Crippen LogP contribution in [0.3, 0.4) is 0 Å². The Labute approximate surface area is 53.0 Å². The molecule has 0 aliphatic heterocycles. The Morgan fingerprint density at radius 3 is 2.33 bits per heavy atom. The first kappa shape index (κ1) is 8.78. The van der Waals surface area contributed by atoms with Gasteiger partial charge in [-0.3, -0.25) is 0 Å². The van der Waals surface area contributed by atoms with Crippen LogP contribution in [0, 0.1) is 0 Å². The molecular weight excluding hydrogens is 128 g/mol. The lowest BCUT2D eigenvalue weighted by Crippen LogP contribution is -2.23. The van der Waals surface area contributed by atoms with E-state index in [9.17, 15) is 8.78 Å². The van der Waals surface area contributed by atoms with Crippen molar-refractivity contribution < 1.29 is 13.5 Å². The average molecular weight is 139 g/mol. The molecule has 1 atom stereocenters. The van der Waals surface area contributed by atoms with Gasteiger partial charge in [-0.05, 0) is 6.92 Å². The van der Waals surface area contributed by atoms with Gasteiger partial charge in [0, 0.05) is 6.04 Å². The molecule has 0 bridgehead atoms. The second-order valence-corrected chi connectivity index (χ2v) is 1.91. The van der Waals surface area contributed by atoms with Crippen LogP contribution in [0.2, 0.25) is 0 Å². The van der Waals surface area contributed by atoms with Gasteiger partial charge in [-0.25, -0.2) is 8.78 Å². The van der Waals surface area contributed by atoms with Gasteiger partial charge in [-0.2, -0.15) is 0 Å². The molecule has 0 saturated carbocycles. The molecule has 2 N–H and O–H groups in total. The molecule has 0 amide bonds. The second kappa shape index (κ2) is 4.64. The van der Waals surface area contributed by atoms with Crippen LogP contribution in [0.4, 0.5) is 8.78 Å². The summed E-state index contributed by atoms with van der Waals surface area (Å²) in [6.07, 6.45) is -2.39. The van der Waals surface area contributed by atoms with Gasteiger partial charge in [-0.1, -0.05) is 0 Å². The fourth-order valence-corrected chi connectivity index (χ4v) is 0.343. The Morgan fingerprint density at radius 1 is 1.44 bits per heavy atom. The van der Waals surface area contributed by atoms with E-state index in [1.54, 1.807) is 6.92 Å². The van der Waals surface area contributed by atoms with Crippen LogP contribution in [-0.4, -0.2) is 25.7 Å². The molecule has 0 aliphatic rings. The molecule has 56 valence electrons. The maximum atomic E-state index is 11.3. The summed E-state index contributed by atoms with van der Waals surface area (Å²) in [5.74, 6) is 0. The van der Waals surface area contributed by atoms with Crippen molar-refractivity contribution in [1.29, 1.82) is 0 Å². The molecule has 4 heteroatoms. The van der Waals surface area contributed by atoms with E-state index >= 15 is 0 Å². The molecule has 2 nitrogen and oxygen atoms in total. The zero-order chi connectivity index (χ0) is 7.28. The van der Waals surface area contributed by atoms with Crippen LogP contribution in [0.1, 0.15) is 6.92 Å².